The van der Waals surface area contributed by atoms with Crippen LogP contribution in [0.2, 0.25) is 0 Å². The van der Waals surface area contributed by atoms with Gasteiger partial charge in [-0.15, -0.1) is 11.8 Å². The lowest BCUT2D eigenvalue weighted by molar-refractivity contribution is 0.0954. The van der Waals surface area contributed by atoms with E-state index in [0.717, 1.165) is 24.3 Å². The number of hydrogen-bond donors (Lipinski definition) is 1. The van der Waals surface area contributed by atoms with Crippen LogP contribution in [0, 0.1) is 0 Å². The highest BCUT2D eigenvalue weighted by Crippen LogP contribution is 2.22. The number of hydrogen-bond acceptors (Lipinski definition) is 3. The summed E-state index contributed by atoms with van der Waals surface area (Å²) in [7, 11) is 0. The van der Waals surface area contributed by atoms with Crippen LogP contribution in [0.3, 0.4) is 0 Å². The number of nitrogens with one attached hydrogen (secondary N) is 1. The Kier molecular flexibility index (Phi) is 7.44. The third kappa shape index (κ3) is 6.39. The van der Waals surface area contributed by atoms with Crippen molar-refractivity contribution in [3.63, 3.8) is 0 Å². The molecular formula is C24H24N2OS. The van der Waals surface area contributed by atoms with Crippen molar-refractivity contribution in [1.29, 1.82) is 0 Å². The van der Waals surface area contributed by atoms with Crippen LogP contribution < -0.4 is 5.43 Å². The predicted octanol–water partition coefficient (Wildman–Crippen LogP) is 5.72. The Morgan fingerprint density at radius 3 is 2.18 bits per heavy atom. The zero-order valence-electron chi connectivity index (χ0n) is 16.0. The van der Waals surface area contributed by atoms with Crippen molar-refractivity contribution in [1.82, 2.24) is 5.43 Å². The van der Waals surface area contributed by atoms with Crippen LogP contribution in [-0.2, 0) is 12.2 Å². The van der Waals surface area contributed by atoms with Crippen LogP contribution in [0.5, 0.6) is 0 Å². The summed E-state index contributed by atoms with van der Waals surface area (Å²) >= 11 is 1.78. The van der Waals surface area contributed by atoms with Crippen molar-refractivity contribution in [2.24, 2.45) is 5.10 Å². The molecule has 3 aromatic carbocycles. The van der Waals surface area contributed by atoms with Gasteiger partial charge in [0, 0.05) is 21.9 Å². The van der Waals surface area contributed by atoms with Gasteiger partial charge in [0.1, 0.15) is 0 Å². The van der Waals surface area contributed by atoms with Crippen molar-refractivity contribution in [2.75, 3.05) is 0 Å². The molecule has 0 unspecified atom stereocenters. The molecule has 0 atom stereocenters. The third-order valence-electron chi connectivity index (χ3n) is 4.33. The fourth-order valence-corrected chi connectivity index (χ4v) is 3.55. The van der Waals surface area contributed by atoms with E-state index >= 15 is 0 Å². The van der Waals surface area contributed by atoms with Gasteiger partial charge in [0.15, 0.2) is 0 Å². The van der Waals surface area contributed by atoms with Gasteiger partial charge in [-0.3, -0.25) is 4.79 Å². The second-order valence-electron chi connectivity index (χ2n) is 6.57. The summed E-state index contributed by atoms with van der Waals surface area (Å²) in [6.07, 6.45) is 1.74. The first-order valence-electron chi connectivity index (χ1n) is 9.35. The number of aryl methyl sites for hydroxylation is 1. The number of hydrazone groups is 1. The molecule has 0 radical (unpaired) electrons. The first kappa shape index (κ1) is 19.9. The van der Waals surface area contributed by atoms with Crippen molar-refractivity contribution < 1.29 is 4.79 Å². The molecule has 0 heterocycles. The summed E-state index contributed by atoms with van der Waals surface area (Å²) < 4.78 is 0. The average molecular weight is 389 g/mol. The van der Waals surface area contributed by atoms with Crippen LogP contribution in [0.15, 0.2) is 94.9 Å². The number of carbonyl (C=O) groups excluding carboxylic acids is 1. The highest BCUT2D eigenvalue weighted by Gasteiger charge is 2.05. The van der Waals surface area contributed by atoms with E-state index in [0.29, 0.717) is 5.56 Å². The molecule has 0 spiro atoms. The first-order chi connectivity index (χ1) is 13.7. The maximum atomic E-state index is 12.3. The molecule has 0 aromatic heterocycles. The molecule has 0 aliphatic carbocycles. The number of thioether (sulfide) groups is 1. The fourth-order valence-electron chi connectivity index (χ4n) is 2.67. The number of benzene rings is 3. The van der Waals surface area contributed by atoms with Crippen LogP contribution in [0.25, 0.3) is 0 Å². The minimum absolute atomic E-state index is 0.179. The van der Waals surface area contributed by atoms with Crippen LogP contribution in [0.4, 0.5) is 0 Å². The zero-order valence-corrected chi connectivity index (χ0v) is 16.8. The van der Waals surface area contributed by atoms with E-state index in [9.17, 15) is 4.79 Å². The van der Waals surface area contributed by atoms with Gasteiger partial charge in [-0.1, -0.05) is 60.7 Å². The Morgan fingerprint density at radius 2 is 1.50 bits per heavy atom. The zero-order chi connectivity index (χ0) is 19.6. The summed E-state index contributed by atoms with van der Waals surface area (Å²) in [5, 5.41) is 4.23. The van der Waals surface area contributed by atoms with Crippen molar-refractivity contribution in [2.45, 2.75) is 30.4 Å². The van der Waals surface area contributed by atoms with Crippen LogP contribution in [-0.4, -0.2) is 11.6 Å². The topological polar surface area (TPSA) is 41.5 Å². The van der Waals surface area contributed by atoms with Gasteiger partial charge in [0.2, 0.25) is 0 Å². The number of rotatable bonds is 8. The Morgan fingerprint density at radius 1 is 0.857 bits per heavy atom. The highest BCUT2D eigenvalue weighted by molar-refractivity contribution is 7.98. The summed E-state index contributed by atoms with van der Waals surface area (Å²) in [5.74, 6) is 0.698. The molecule has 3 nitrogen and oxygen atoms in total. The predicted molar refractivity (Wildman–Crippen MR) is 118 cm³/mol. The molecule has 0 fully saturated rings. The number of carbonyl (C=O) groups is 1. The maximum Gasteiger partial charge on any atom is 0.271 e. The van der Waals surface area contributed by atoms with Gasteiger partial charge in [-0.2, -0.15) is 5.10 Å². The van der Waals surface area contributed by atoms with Crippen molar-refractivity contribution in [3.05, 3.63) is 102 Å². The molecule has 1 N–H and O–H groups in total. The molecule has 0 aliphatic rings. The largest absolute Gasteiger partial charge is 0.271 e. The smallest absolute Gasteiger partial charge is 0.267 e. The second kappa shape index (κ2) is 10.5. The molecule has 0 saturated heterocycles. The molecule has 3 aromatic rings. The first-order valence-corrected chi connectivity index (χ1v) is 10.3. The minimum Gasteiger partial charge on any atom is -0.267 e. The Balaban J connectivity index is 1.47. The molecule has 0 bridgehead atoms. The average Bonchev–Trinajstić information content (AvgIpc) is 2.76. The lowest BCUT2D eigenvalue weighted by Crippen LogP contribution is -2.19. The Bertz CT molecular complexity index is 906. The Hall–Kier alpha value is -2.85. The van der Waals surface area contributed by atoms with E-state index in [2.05, 4.69) is 34.8 Å². The molecule has 142 valence electrons. The van der Waals surface area contributed by atoms with Gasteiger partial charge in [-0.05, 0) is 55.2 Å². The summed E-state index contributed by atoms with van der Waals surface area (Å²) in [6.45, 7) is 1.94. The lowest BCUT2D eigenvalue weighted by Gasteiger charge is -2.05. The lowest BCUT2D eigenvalue weighted by atomic mass is 10.1. The normalized spacial score (nSPS) is 11.2. The molecule has 3 rings (SSSR count). The van der Waals surface area contributed by atoms with E-state index in [1.54, 1.807) is 11.8 Å². The summed E-state index contributed by atoms with van der Waals surface area (Å²) in [5.41, 5.74) is 6.64. The summed E-state index contributed by atoms with van der Waals surface area (Å²) in [6, 6.07) is 28.3. The van der Waals surface area contributed by atoms with E-state index in [-0.39, 0.29) is 5.91 Å². The third-order valence-corrected chi connectivity index (χ3v) is 5.41. The Labute approximate surface area is 170 Å². The van der Waals surface area contributed by atoms with E-state index in [1.807, 2.05) is 67.6 Å². The fraction of sp³-hybridized carbons (Fsp3) is 0.167. The van der Waals surface area contributed by atoms with Gasteiger partial charge >= 0.3 is 0 Å². The SMILES string of the molecule is C/C(CCc1ccccc1)=N/NC(=O)c1ccc(CSc2ccccc2)cc1. The second-order valence-corrected chi connectivity index (χ2v) is 7.62. The highest BCUT2D eigenvalue weighted by atomic mass is 32.2. The molecule has 28 heavy (non-hydrogen) atoms. The van der Waals surface area contributed by atoms with Gasteiger partial charge < -0.3 is 0 Å². The van der Waals surface area contributed by atoms with Crippen molar-refractivity contribution >= 4 is 23.4 Å². The van der Waals surface area contributed by atoms with Gasteiger partial charge in [-0.25, -0.2) is 5.43 Å². The van der Waals surface area contributed by atoms with Crippen LogP contribution in [0.1, 0.15) is 34.8 Å². The van der Waals surface area contributed by atoms with Gasteiger partial charge in [0.05, 0.1) is 0 Å². The molecule has 0 aliphatic heterocycles. The number of amides is 1. The van der Waals surface area contributed by atoms with Gasteiger partial charge in [0.25, 0.3) is 5.91 Å². The quantitative estimate of drug-likeness (QED) is 0.305. The number of nitrogens with zero attached hydrogens (tertiary/aromatic N) is 1. The molecule has 4 heteroatoms. The molecular weight excluding hydrogens is 364 g/mol. The van der Waals surface area contributed by atoms with Crippen LogP contribution >= 0.6 is 11.8 Å². The molecule has 1 amide bonds. The van der Waals surface area contributed by atoms with E-state index in [4.69, 9.17) is 0 Å². The van der Waals surface area contributed by atoms with E-state index in [1.165, 1.54) is 16.0 Å². The summed E-state index contributed by atoms with van der Waals surface area (Å²) in [4.78, 5) is 13.5. The maximum absolute atomic E-state index is 12.3. The molecule has 0 saturated carbocycles. The minimum atomic E-state index is -0.179. The standard InChI is InChI=1S/C24H24N2OS/c1-19(12-13-20-8-4-2-5-9-20)25-26-24(27)22-16-14-21(15-17-22)18-28-23-10-6-3-7-11-23/h2-11,14-17H,12-13,18H2,1H3,(H,26,27)/b25-19-. The van der Waals surface area contributed by atoms with E-state index < -0.39 is 0 Å². The monoisotopic (exact) mass is 388 g/mol. The van der Waals surface area contributed by atoms with Crippen molar-refractivity contribution in [3.8, 4) is 0 Å².